The quantitative estimate of drug-likeness (QED) is 0.901. The van der Waals surface area contributed by atoms with E-state index in [0.717, 1.165) is 29.2 Å². The first kappa shape index (κ1) is 14.9. The maximum Gasteiger partial charge on any atom is 0.124 e. The van der Waals surface area contributed by atoms with Crippen LogP contribution in [0.4, 0.5) is 10.1 Å². The van der Waals surface area contributed by atoms with Crippen LogP contribution in [0, 0.1) is 19.7 Å². The van der Waals surface area contributed by atoms with Crippen LogP contribution < -0.4 is 5.32 Å². The van der Waals surface area contributed by atoms with Crippen LogP contribution in [0.1, 0.15) is 36.8 Å². The van der Waals surface area contributed by atoms with Gasteiger partial charge in [-0.3, -0.25) is 4.68 Å². The molecule has 20 heavy (non-hydrogen) atoms. The summed E-state index contributed by atoms with van der Waals surface area (Å²) in [6, 6.07) is 4.42. The van der Waals surface area contributed by atoms with Gasteiger partial charge in [-0.25, -0.2) is 4.39 Å². The number of anilines is 1. The van der Waals surface area contributed by atoms with Crippen LogP contribution in [0.3, 0.4) is 0 Å². The van der Waals surface area contributed by atoms with Gasteiger partial charge in [0.15, 0.2) is 0 Å². The number of nitrogens with zero attached hydrogens (tertiary/aromatic N) is 2. The summed E-state index contributed by atoms with van der Waals surface area (Å²) in [5.41, 5.74) is 4.03. The van der Waals surface area contributed by atoms with Crippen LogP contribution in [-0.4, -0.2) is 9.78 Å². The molecule has 1 N–H and O–H groups in total. The summed E-state index contributed by atoms with van der Waals surface area (Å²) < 4.78 is 15.0. The van der Waals surface area contributed by atoms with Gasteiger partial charge in [0.2, 0.25) is 0 Å². The molecule has 0 aliphatic carbocycles. The molecule has 5 heteroatoms. The Hall–Kier alpha value is -1.55. The van der Waals surface area contributed by atoms with E-state index in [4.69, 9.17) is 11.6 Å². The fourth-order valence-corrected chi connectivity index (χ4v) is 2.78. The van der Waals surface area contributed by atoms with Crippen LogP contribution in [0.2, 0.25) is 5.02 Å². The van der Waals surface area contributed by atoms with Crippen molar-refractivity contribution in [3.63, 3.8) is 0 Å². The molecule has 0 amide bonds. The summed E-state index contributed by atoms with van der Waals surface area (Å²) >= 11 is 6.05. The number of benzene rings is 1. The number of aryl methyl sites for hydroxylation is 2. The Bertz CT molecular complexity index is 622. The Morgan fingerprint density at radius 2 is 2.10 bits per heavy atom. The molecule has 1 unspecified atom stereocenters. The monoisotopic (exact) mass is 295 g/mol. The first-order chi connectivity index (χ1) is 9.43. The smallest absolute Gasteiger partial charge is 0.124 e. The zero-order chi connectivity index (χ0) is 14.9. The Labute approximate surface area is 123 Å². The maximum atomic E-state index is 13.1. The molecule has 0 aliphatic heterocycles. The van der Waals surface area contributed by atoms with Gasteiger partial charge in [0.05, 0.1) is 22.4 Å². The van der Waals surface area contributed by atoms with Crippen molar-refractivity contribution in [2.75, 3.05) is 5.32 Å². The largest absolute Gasteiger partial charge is 0.377 e. The van der Waals surface area contributed by atoms with E-state index in [2.05, 4.69) is 31.2 Å². The number of hydrogen-bond acceptors (Lipinski definition) is 2. The molecule has 1 atom stereocenters. The lowest BCUT2D eigenvalue weighted by Gasteiger charge is -2.17. The van der Waals surface area contributed by atoms with E-state index >= 15 is 0 Å². The summed E-state index contributed by atoms with van der Waals surface area (Å²) in [5, 5.41) is 8.22. The first-order valence-electron chi connectivity index (χ1n) is 6.69. The second kappa shape index (κ2) is 5.83. The molecule has 0 bridgehead atoms. The van der Waals surface area contributed by atoms with Crippen molar-refractivity contribution in [3.05, 3.63) is 46.0 Å². The van der Waals surface area contributed by atoms with Crippen LogP contribution in [0.15, 0.2) is 18.2 Å². The highest BCUT2D eigenvalue weighted by atomic mass is 35.5. The van der Waals surface area contributed by atoms with Gasteiger partial charge < -0.3 is 5.32 Å². The van der Waals surface area contributed by atoms with Crippen molar-refractivity contribution in [1.29, 1.82) is 0 Å². The van der Waals surface area contributed by atoms with Crippen molar-refractivity contribution < 1.29 is 4.39 Å². The lowest BCUT2D eigenvalue weighted by molar-refractivity contribution is 0.628. The van der Waals surface area contributed by atoms with Crippen molar-refractivity contribution in [3.8, 4) is 0 Å². The second-order valence-corrected chi connectivity index (χ2v) is 5.30. The highest BCUT2D eigenvalue weighted by molar-refractivity contribution is 6.33. The molecule has 1 aromatic carbocycles. The fraction of sp³-hybridized carbons (Fsp3) is 0.400. The zero-order valence-corrected chi connectivity index (χ0v) is 12.9. The van der Waals surface area contributed by atoms with Crippen molar-refractivity contribution in [1.82, 2.24) is 9.78 Å². The predicted molar refractivity (Wildman–Crippen MR) is 80.8 cm³/mol. The lowest BCUT2D eigenvalue weighted by Crippen LogP contribution is -2.09. The average molecular weight is 296 g/mol. The third-order valence-electron chi connectivity index (χ3n) is 3.47. The highest BCUT2D eigenvalue weighted by Gasteiger charge is 2.17. The third-order valence-corrected chi connectivity index (χ3v) is 3.79. The molecule has 1 aromatic heterocycles. The van der Waals surface area contributed by atoms with Gasteiger partial charge in [0, 0.05) is 17.8 Å². The first-order valence-corrected chi connectivity index (χ1v) is 7.07. The molecular formula is C15H19ClFN3. The van der Waals surface area contributed by atoms with Crippen LogP contribution in [-0.2, 0) is 6.54 Å². The number of halogens is 2. The molecule has 108 valence electrons. The van der Waals surface area contributed by atoms with Crippen molar-refractivity contribution in [2.24, 2.45) is 0 Å². The molecule has 0 saturated carbocycles. The van der Waals surface area contributed by atoms with E-state index in [1.165, 1.54) is 12.1 Å². The summed E-state index contributed by atoms with van der Waals surface area (Å²) in [4.78, 5) is 0. The topological polar surface area (TPSA) is 29.9 Å². The average Bonchev–Trinajstić information content (AvgIpc) is 2.67. The highest BCUT2D eigenvalue weighted by Crippen LogP contribution is 2.29. The van der Waals surface area contributed by atoms with E-state index in [1.54, 1.807) is 6.07 Å². The summed E-state index contributed by atoms with van der Waals surface area (Å²) in [5.74, 6) is -0.334. The molecule has 0 fully saturated rings. The zero-order valence-electron chi connectivity index (χ0n) is 12.2. The lowest BCUT2D eigenvalue weighted by atomic mass is 10.1. The van der Waals surface area contributed by atoms with Gasteiger partial charge >= 0.3 is 0 Å². The van der Waals surface area contributed by atoms with E-state index in [1.807, 2.05) is 11.6 Å². The van der Waals surface area contributed by atoms with E-state index in [0.29, 0.717) is 5.02 Å². The Kier molecular flexibility index (Phi) is 4.33. The van der Waals surface area contributed by atoms with Gasteiger partial charge in [-0.2, -0.15) is 5.10 Å². The number of rotatable bonds is 4. The van der Waals surface area contributed by atoms with Gasteiger partial charge in [0.25, 0.3) is 0 Å². The predicted octanol–water partition coefficient (Wildman–Crippen LogP) is 4.49. The Morgan fingerprint density at radius 3 is 2.65 bits per heavy atom. The second-order valence-electron chi connectivity index (χ2n) is 4.89. The maximum absolute atomic E-state index is 13.1. The summed E-state index contributed by atoms with van der Waals surface area (Å²) in [6.07, 6.45) is 0. The van der Waals surface area contributed by atoms with E-state index in [-0.39, 0.29) is 11.9 Å². The number of hydrogen-bond donors (Lipinski definition) is 1. The normalized spacial score (nSPS) is 12.5. The molecule has 0 aliphatic rings. The number of aromatic nitrogens is 2. The van der Waals surface area contributed by atoms with Gasteiger partial charge in [-0.05, 0) is 45.9 Å². The van der Waals surface area contributed by atoms with Gasteiger partial charge in [0.1, 0.15) is 5.82 Å². The van der Waals surface area contributed by atoms with Crippen LogP contribution in [0.25, 0.3) is 0 Å². The van der Waals surface area contributed by atoms with Crippen molar-refractivity contribution >= 4 is 17.3 Å². The standard InChI is InChI=1S/C15H19ClFN3/c1-5-20-11(4)15(10(3)19-20)9(2)18-14-7-6-12(17)8-13(14)16/h6-9,18H,5H2,1-4H3. The Balaban J connectivity index is 2.28. The fourth-order valence-electron chi connectivity index (χ4n) is 2.56. The molecule has 3 nitrogen and oxygen atoms in total. The molecule has 2 aromatic rings. The van der Waals surface area contributed by atoms with Gasteiger partial charge in [-0.1, -0.05) is 11.6 Å². The van der Waals surface area contributed by atoms with Crippen molar-refractivity contribution in [2.45, 2.75) is 40.3 Å². The molecule has 2 rings (SSSR count). The molecule has 0 saturated heterocycles. The minimum atomic E-state index is -0.334. The molecular weight excluding hydrogens is 277 g/mol. The van der Waals surface area contributed by atoms with E-state index in [9.17, 15) is 4.39 Å². The minimum Gasteiger partial charge on any atom is -0.377 e. The Morgan fingerprint density at radius 1 is 1.40 bits per heavy atom. The van der Waals surface area contributed by atoms with Gasteiger partial charge in [-0.15, -0.1) is 0 Å². The molecule has 0 spiro atoms. The molecule has 1 heterocycles. The van der Waals surface area contributed by atoms with E-state index < -0.39 is 0 Å². The van der Waals surface area contributed by atoms with Crippen LogP contribution >= 0.6 is 11.6 Å². The SMILES string of the molecule is CCn1nc(C)c(C(C)Nc2ccc(F)cc2Cl)c1C. The summed E-state index contributed by atoms with van der Waals surface area (Å²) in [7, 11) is 0. The minimum absolute atomic E-state index is 0.0539. The number of nitrogens with one attached hydrogen (secondary N) is 1. The van der Waals surface area contributed by atoms with Crippen LogP contribution in [0.5, 0.6) is 0 Å². The third kappa shape index (κ3) is 2.80. The molecule has 0 radical (unpaired) electrons. The summed E-state index contributed by atoms with van der Waals surface area (Å²) in [6.45, 7) is 9.02.